The van der Waals surface area contributed by atoms with E-state index in [0.717, 1.165) is 0 Å². The Labute approximate surface area is 84.2 Å². The third kappa shape index (κ3) is 3.91. The van der Waals surface area contributed by atoms with Crippen molar-refractivity contribution in [1.29, 1.82) is 0 Å². The van der Waals surface area contributed by atoms with Gasteiger partial charge in [-0.05, 0) is 17.5 Å². The Bertz CT molecular complexity index is 380. The second kappa shape index (κ2) is 4.70. The van der Waals surface area contributed by atoms with E-state index in [2.05, 4.69) is 10.0 Å². The molecule has 0 saturated carbocycles. The molecule has 0 aliphatic heterocycles. The molecule has 3 nitrogen and oxygen atoms in total. The molecule has 0 aliphatic carbocycles. The van der Waals surface area contributed by atoms with E-state index in [1.807, 2.05) is 0 Å². The number of hydrogen-bond acceptors (Lipinski definition) is 1. The first-order valence-electron chi connectivity index (χ1n) is 4.23. The van der Waals surface area contributed by atoms with Crippen LogP contribution in [0.4, 0.5) is 18.9 Å². The zero-order valence-electron chi connectivity index (χ0n) is 7.70. The molecular formula is C9H8F3N3. The molecule has 0 saturated heterocycles. The molecule has 0 spiro atoms. The minimum atomic E-state index is -4.19. The molecule has 1 rings (SSSR count). The molecule has 0 unspecified atom stereocenters. The summed E-state index contributed by atoms with van der Waals surface area (Å²) in [7, 11) is 0. The van der Waals surface area contributed by atoms with E-state index in [1.165, 1.54) is 12.1 Å². The highest BCUT2D eigenvalue weighted by molar-refractivity contribution is 5.45. The van der Waals surface area contributed by atoms with Crippen LogP contribution in [-0.2, 0) is 6.42 Å². The number of nitrogens with zero attached hydrogens (tertiary/aromatic N) is 3. The second-order valence-electron chi connectivity index (χ2n) is 2.93. The summed E-state index contributed by atoms with van der Waals surface area (Å²) in [6.07, 6.45) is -5.27. The molecule has 80 valence electrons. The quantitative estimate of drug-likeness (QED) is 0.413. The second-order valence-corrected chi connectivity index (χ2v) is 2.93. The molecule has 1 aromatic rings. The lowest BCUT2D eigenvalue weighted by Crippen LogP contribution is -2.08. The van der Waals surface area contributed by atoms with Gasteiger partial charge in [0.25, 0.3) is 0 Å². The highest BCUT2D eigenvalue weighted by Crippen LogP contribution is 2.26. The molecule has 0 amide bonds. The first-order valence-corrected chi connectivity index (χ1v) is 4.23. The summed E-state index contributed by atoms with van der Waals surface area (Å²) in [5.41, 5.74) is 8.87. The van der Waals surface area contributed by atoms with Crippen molar-refractivity contribution < 1.29 is 13.2 Å². The lowest BCUT2D eigenvalue weighted by molar-refractivity contribution is -0.133. The SMILES string of the molecule is [N-]=[N+]=Nc1ccccc1CCC(F)(F)F. The van der Waals surface area contributed by atoms with Crippen LogP contribution >= 0.6 is 0 Å². The van der Waals surface area contributed by atoms with Gasteiger partial charge < -0.3 is 0 Å². The van der Waals surface area contributed by atoms with Crippen molar-refractivity contribution in [1.82, 2.24) is 0 Å². The lowest BCUT2D eigenvalue weighted by atomic mass is 10.1. The topological polar surface area (TPSA) is 48.8 Å². The highest BCUT2D eigenvalue weighted by Gasteiger charge is 2.26. The van der Waals surface area contributed by atoms with Crippen LogP contribution in [0.3, 0.4) is 0 Å². The number of benzene rings is 1. The average Bonchev–Trinajstić information content (AvgIpc) is 2.16. The van der Waals surface area contributed by atoms with Crippen molar-refractivity contribution in [2.24, 2.45) is 5.11 Å². The number of hydrogen-bond donors (Lipinski definition) is 0. The smallest absolute Gasteiger partial charge is 0.171 e. The minimum absolute atomic E-state index is 0.168. The van der Waals surface area contributed by atoms with Gasteiger partial charge in [0.15, 0.2) is 0 Å². The van der Waals surface area contributed by atoms with E-state index in [4.69, 9.17) is 5.53 Å². The molecule has 0 atom stereocenters. The number of halogens is 3. The van der Waals surface area contributed by atoms with Crippen LogP contribution in [0.2, 0.25) is 0 Å². The van der Waals surface area contributed by atoms with Gasteiger partial charge in [-0.2, -0.15) is 13.2 Å². The van der Waals surface area contributed by atoms with Crippen LogP contribution < -0.4 is 0 Å². The van der Waals surface area contributed by atoms with E-state index in [-0.39, 0.29) is 12.1 Å². The molecule has 15 heavy (non-hydrogen) atoms. The molecule has 0 aromatic heterocycles. The summed E-state index contributed by atoms with van der Waals surface area (Å²) < 4.78 is 35.9. The Hall–Kier alpha value is -1.68. The van der Waals surface area contributed by atoms with E-state index < -0.39 is 12.6 Å². The predicted molar refractivity (Wildman–Crippen MR) is 49.6 cm³/mol. The zero-order chi connectivity index (χ0) is 11.3. The molecule has 1 aromatic carbocycles. The number of azide groups is 1. The monoisotopic (exact) mass is 215 g/mol. The summed E-state index contributed by atoms with van der Waals surface area (Å²) in [5, 5.41) is 3.32. The van der Waals surface area contributed by atoms with Crippen LogP contribution in [0.15, 0.2) is 29.4 Å². The fraction of sp³-hybridized carbons (Fsp3) is 0.333. The minimum Gasteiger partial charge on any atom is -0.171 e. The van der Waals surface area contributed by atoms with E-state index >= 15 is 0 Å². The third-order valence-electron chi connectivity index (χ3n) is 1.82. The van der Waals surface area contributed by atoms with Crippen LogP contribution in [0.5, 0.6) is 0 Å². The average molecular weight is 215 g/mol. The van der Waals surface area contributed by atoms with E-state index in [9.17, 15) is 13.2 Å². The van der Waals surface area contributed by atoms with Crippen LogP contribution in [0, 0.1) is 0 Å². The molecule has 0 aliphatic rings. The molecular weight excluding hydrogens is 207 g/mol. The highest BCUT2D eigenvalue weighted by atomic mass is 19.4. The number of aryl methyl sites for hydroxylation is 1. The van der Waals surface area contributed by atoms with E-state index in [0.29, 0.717) is 5.56 Å². The number of alkyl halides is 3. The third-order valence-corrected chi connectivity index (χ3v) is 1.82. The van der Waals surface area contributed by atoms with Crippen LogP contribution in [0.25, 0.3) is 10.4 Å². The first-order chi connectivity index (χ1) is 7.03. The summed E-state index contributed by atoms with van der Waals surface area (Å²) in [4.78, 5) is 2.55. The zero-order valence-corrected chi connectivity index (χ0v) is 7.70. The fourth-order valence-corrected chi connectivity index (χ4v) is 1.14. The van der Waals surface area contributed by atoms with Gasteiger partial charge in [0.1, 0.15) is 0 Å². The maximum Gasteiger partial charge on any atom is 0.389 e. The van der Waals surface area contributed by atoms with Crippen molar-refractivity contribution in [2.45, 2.75) is 19.0 Å². The maximum atomic E-state index is 12.0. The normalized spacial score (nSPS) is 10.9. The van der Waals surface area contributed by atoms with Gasteiger partial charge in [-0.1, -0.05) is 29.4 Å². The standard InChI is InChI=1S/C9H8F3N3/c10-9(11,12)6-5-7-3-1-2-4-8(7)14-15-13/h1-4H,5-6H2. The van der Waals surface area contributed by atoms with Gasteiger partial charge in [-0.3, -0.25) is 0 Å². The van der Waals surface area contributed by atoms with E-state index in [1.54, 1.807) is 12.1 Å². The van der Waals surface area contributed by atoms with Crippen molar-refractivity contribution >= 4 is 5.69 Å². The molecule has 0 N–H and O–H groups in total. The van der Waals surface area contributed by atoms with Gasteiger partial charge in [-0.15, -0.1) is 0 Å². The Morgan fingerprint density at radius 3 is 2.53 bits per heavy atom. The van der Waals surface area contributed by atoms with Crippen LogP contribution in [0.1, 0.15) is 12.0 Å². The van der Waals surface area contributed by atoms with Gasteiger partial charge >= 0.3 is 6.18 Å². The van der Waals surface area contributed by atoms with Crippen molar-refractivity contribution in [3.8, 4) is 0 Å². The van der Waals surface area contributed by atoms with Crippen molar-refractivity contribution in [3.05, 3.63) is 40.3 Å². The van der Waals surface area contributed by atoms with Gasteiger partial charge in [-0.25, -0.2) is 0 Å². The fourth-order valence-electron chi connectivity index (χ4n) is 1.14. The predicted octanol–water partition coefficient (Wildman–Crippen LogP) is 4.12. The maximum absolute atomic E-state index is 12.0. The van der Waals surface area contributed by atoms with Gasteiger partial charge in [0, 0.05) is 17.0 Å². The summed E-state index contributed by atoms with van der Waals surface area (Å²) in [6.45, 7) is 0. The Kier molecular flexibility index (Phi) is 3.57. The van der Waals surface area contributed by atoms with Gasteiger partial charge in [0.2, 0.25) is 0 Å². The first kappa shape index (κ1) is 11.4. The number of rotatable bonds is 3. The molecule has 0 bridgehead atoms. The Balaban J connectivity index is 2.80. The summed E-state index contributed by atoms with van der Waals surface area (Å²) in [5.74, 6) is 0. The summed E-state index contributed by atoms with van der Waals surface area (Å²) in [6, 6.07) is 6.24. The van der Waals surface area contributed by atoms with Crippen LogP contribution in [-0.4, -0.2) is 6.18 Å². The molecule has 0 fully saturated rings. The lowest BCUT2D eigenvalue weighted by Gasteiger charge is -2.07. The summed E-state index contributed by atoms with van der Waals surface area (Å²) >= 11 is 0. The molecule has 6 heteroatoms. The Morgan fingerprint density at radius 2 is 1.93 bits per heavy atom. The van der Waals surface area contributed by atoms with Gasteiger partial charge in [0.05, 0.1) is 0 Å². The molecule has 0 radical (unpaired) electrons. The largest absolute Gasteiger partial charge is 0.389 e. The molecule has 0 heterocycles. The Morgan fingerprint density at radius 1 is 1.27 bits per heavy atom. The van der Waals surface area contributed by atoms with Crippen molar-refractivity contribution in [3.63, 3.8) is 0 Å². The van der Waals surface area contributed by atoms with Crippen molar-refractivity contribution in [2.75, 3.05) is 0 Å².